The number of aryl methyl sites for hydroxylation is 1. The van der Waals surface area contributed by atoms with Crippen molar-refractivity contribution in [3.63, 3.8) is 0 Å². The Morgan fingerprint density at radius 1 is 1.59 bits per heavy atom. The van der Waals surface area contributed by atoms with Gasteiger partial charge >= 0.3 is 0 Å². The first-order valence-electron chi connectivity index (χ1n) is 5.60. The van der Waals surface area contributed by atoms with Gasteiger partial charge in [-0.1, -0.05) is 20.8 Å². The molecule has 0 spiro atoms. The smallest absolute Gasteiger partial charge is 0.252 e. The summed E-state index contributed by atoms with van der Waals surface area (Å²) < 4.78 is 0. The fourth-order valence-corrected chi connectivity index (χ4v) is 1.48. The summed E-state index contributed by atoms with van der Waals surface area (Å²) in [5.74, 6) is 0.522. The number of anilines is 1. The minimum absolute atomic E-state index is 0.0265. The fourth-order valence-electron chi connectivity index (χ4n) is 1.48. The van der Waals surface area contributed by atoms with Gasteiger partial charge in [-0.15, -0.1) is 0 Å². The molecule has 0 saturated heterocycles. The van der Waals surface area contributed by atoms with Crippen LogP contribution in [0.3, 0.4) is 0 Å². The second-order valence-corrected chi connectivity index (χ2v) is 4.20. The standard InChI is InChI=1S/C11H18N4O2/c1-4-7-13-8(5-9(16)14-7)15-10(6(2)3)11(12)17/h5-6,10H,4H2,1-3H3,(H2,12,17)(H2,13,14,15,16). The van der Waals surface area contributed by atoms with Gasteiger partial charge in [0.05, 0.1) is 0 Å². The zero-order chi connectivity index (χ0) is 13.0. The molecular weight excluding hydrogens is 220 g/mol. The molecule has 1 heterocycles. The fraction of sp³-hybridized carbons (Fsp3) is 0.545. The van der Waals surface area contributed by atoms with Crippen LogP contribution >= 0.6 is 0 Å². The lowest BCUT2D eigenvalue weighted by Crippen LogP contribution is -2.40. The maximum absolute atomic E-state index is 11.3. The largest absolute Gasteiger partial charge is 0.368 e. The molecule has 0 radical (unpaired) electrons. The van der Waals surface area contributed by atoms with E-state index in [0.29, 0.717) is 18.1 Å². The minimum atomic E-state index is -0.533. The third-order valence-electron chi connectivity index (χ3n) is 2.40. The molecule has 1 atom stereocenters. The number of hydrogen-bond donors (Lipinski definition) is 3. The Kier molecular flexibility index (Phi) is 4.25. The molecule has 1 aromatic rings. The van der Waals surface area contributed by atoms with Gasteiger partial charge in [-0.05, 0) is 5.92 Å². The molecule has 0 saturated carbocycles. The number of H-pyrrole nitrogens is 1. The van der Waals surface area contributed by atoms with Gasteiger partial charge in [0.2, 0.25) is 5.91 Å². The Morgan fingerprint density at radius 2 is 2.24 bits per heavy atom. The summed E-state index contributed by atoms with van der Waals surface area (Å²) in [6.45, 7) is 5.63. The van der Waals surface area contributed by atoms with Crippen LogP contribution in [-0.4, -0.2) is 21.9 Å². The molecule has 0 aliphatic carbocycles. The highest BCUT2D eigenvalue weighted by molar-refractivity contribution is 5.82. The van der Waals surface area contributed by atoms with Crippen LogP contribution in [0.5, 0.6) is 0 Å². The number of rotatable bonds is 5. The summed E-state index contributed by atoms with van der Waals surface area (Å²) in [6.07, 6.45) is 0.619. The van der Waals surface area contributed by atoms with Gasteiger partial charge in [-0.3, -0.25) is 9.59 Å². The number of hydrogen-bond acceptors (Lipinski definition) is 4. The van der Waals surface area contributed by atoms with Crippen LogP contribution in [0.4, 0.5) is 5.82 Å². The van der Waals surface area contributed by atoms with E-state index in [1.54, 1.807) is 0 Å². The number of carbonyl (C=O) groups excluding carboxylic acids is 1. The van der Waals surface area contributed by atoms with Gasteiger partial charge < -0.3 is 16.0 Å². The lowest BCUT2D eigenvalue weighted by Gasteiger charge is -2.19. The number of primary amides is 1. The SMILES string of the molecule is CCc1nc(NC(C(N)=O)C(C)C)cc(=O)[nH]1. The van der Waals surface area contributed by atoms with Crippen LogP contribution in [0.15, 0.2) is 10.9 Å². The molecule has 0 aliphatic heterocycles. The molecule has 17 heavy (non-hydrogen) atoms. The Labute approximate surface area is 99.6 Å². The van der Waals surface area contributed by atoms with Crippen LogP contribution in [0, 0.1) is 5.92 Å². The molecule has 94 valence electrons. The second-order valence-electron chi connectivity index (χ2n) is 4.20. The number of nitrogens with two attached hydrogens (primary N) is 1. The van der Waals surface area contributed by atoms with Crippen LogP contribution < -0.4 is 16.6 Å². The molecule has 0 aromatic carbocycles. The number of aromatic nitrogens is 2. The van der Waals surface area contributed by atoms with Crippen molar-refractivity contribution >= 4 is 11.7 Å². The predicted molar refractivity (Wildman–Crippen MR) is 65.7 cm³/mol. The van der Waals surface area contributed by atoms with Gasteiger partial charge in [-0.2, -0.15) is 0 Å². The van der Waals surface area contributed by atoms with E-state index in [-0.39, 0.29) is 11.5 Å². The Hall–Kier alpha value is -1.85. The monoisotopic (exact) mass is 238 g/mol. The van der Waals surface area contributed by atoms with E-state index in [0.717, 1.165) is 0 Å². The molecule has 0 fully saturated rings. The van der Waals surface area contributed by atoms with Gasteiger partial charge in [0.15, 0.2) is 0 Å². The summed E-state index contributed by atoms with van der Waals surface area (Å²) in [5.41, 5.74) is 5.03. The normalized spacial score (nSPS) is 12.5. The van der Waals surface area contributed by atoms with Gasteiger partial charge in [0.25, 0.3) is 5.56 Å². The van der Waals surface area contributed by atoms with Crippen molar-refractivity contribution < 1.29 is 4.79 Å². The number of carbonyl (C=O) groups is 1. The van der Waals surface area contributed by atoms with Crippen molar-refractivity contribution in [2.75, 3.05) is 5.32 Å². The molecule has 4 N–H and O–H groups in total. The molecule has 0 bridgehead atoms. The van der Waals surface area contributed by atoms with Crippen LogP contribution in [0.2, 0.25) is 0 Å². The second kappa shape index (κ2) is 5.47. The first-order chi connectivity index (χ1) is 7.93. The molecule has 0 aliphatic rings. The van der Waals surface area contributed by atoms with Crippen LogP contribution in [-0.2, 0) is 11.2 Å². The van der Waals surface area contributed by atoms with Crippen molar-refractivity contribution in [1.29, 1.82) is 0 Å². The lowest BCUT2D eigenvalue weighted by molar-refractivity contribution is -0.119. The molecule has 1 unspecified atom stereocenters. The predicted octanol–water partition coefficient (Wildman–Crippen LogP) is 0.254. The molecule has 1 aromatic heterocycles. The zero-order valence-corrected chi connectivity index (χ0v) is 10.3. The maximum Gasteiger partial charge on any atom is 0.252 e. The average Bonchev–Trinajstić information content (AvgIpc) is 2.24. The summed E-state index contributed by atoms with van der Waals surface area (Å²) in [5, 5.41) is 2.89. The van der Waals surface area contributed by atoms with Gasteiger partial charge in [0, 0.05) is 12.5 Å². The Morgan fingerprint density at radius 3 is 2.71 bits per heavy atom. The molecule has 6 heteroatoms. The number of nitrogens with one attached hydrogen (secondary N) is 2. The van der Waals surface area contributed by atoms with E-state index < -0.39 is 11.9 Å². The highest BCUT2D eigenvalue weighted by atomic mass is 16.1. The summed E-state index contributed by atoms with van der Waals surface area (Å²) >= 11 is 0. The maximum atomic E-state index is 11.3. The average molecular weight is 238 g/mol. The van der Waals surface area contributed by atoms with E-state index in [1.165, 1.54) is 6.07 Å². The van der Waals surface area contributed by atoms with Crippen LogP contribution in [0.25, 0.3) is 0 Å². The molecule has 6 nitrogen and oxygen atoms in total. The van der Waals surface area contributed by atoms with Crippen LogP contribution in [0.1, 0.15) is 26.6 Å². The van der Waals surface area contributed by atoms with E-state index >= 15 is 0 Å². The van der Waals surface area contributed by atoms with E-state index in [1.807, 2.05) is 20.8 Å². The Bertz CT molecular complexity index is 453. The van der Waals surface area contributed by atoms with Crippen molar-refractivity contribution in [2.24, 2.45) is 11.7 Å². The lowest BCUT2D eigenvalue weighted by atomic mass is 10.0. The highest BCUT2D eigenvalue weighted by Crippen LogP contribution is 2.08. The topological polar surface area (TPSA) is 101 Å². The van der Waals surface area contributed by atoms with Gasteiger partial charge in [-0.25, -0.2) is 4.98 Å². The molecule has 1 amide bonds. The number of aromatic amines is 1. The number of nitrogens with zero attached hydrogens (tertiary/aromatic N) is 1. The third-order valence-corrected chi connectivity index (χ3v) is 2.40. The van der Waals surface area contributed by atoms with E-state index in [9.17, 15) is 9.59 Å². The van der Waals surface area contributed by atoms with Crippen molar-refractivity contribution in [2.45, 2.75) is 33.2 Å². The summed E-state index contributed by atoms with van der Waals surface area (Å²) in [7, 11) is 0. The van der Waals surface area contributed by atoms with E-state index in [2.05, 4.69) is 15.3 Å². The van der Waals surface area contributed by atoms with E-state index in [4.69, 9.17) is 5.73 Å². The summed E-state index contributed by atoms with van der Waals surface area (Å²) in [4.78, 5) is 29.4. The van der Waals surface area contributed by atoms with Gasteiger partial charge in [0.1, 0.15) is 17.7 Å². The third kappa shape index (κ3) is 3.58. The highest BCUT2D eigenvalue weighted by Gasteiger charge is 2.19. The first-order valence-corrected chi connectivity index (χ1v) is 5.60. The first kappa shape index (κ1) is 13.2. The quantitative estimate of drug-likeness (QED) is 0.684. The minimum Gasteiger partial charge on any atom is -0.368 e. The zero-order valence-electron chi connectivity index (χ0n) is 10.3. The molecular formula is C11H18N4O2. The number of amides is 1. The summed E-state index contributed by atoms with van der Waals surface area (Å²) in [6, 6.07) is 0.784. The van der Waals surface area contributed by atoms with Crippen molar-refractivity contribution in [3.05, 3.63) is 22.2 Å². The van der Waals surface area contributed by atoms with Crippen molar-refractivity contribution in [1.82, 2.24) is 9.97 Å². The Balaban J connectivity index is 2.97. The van der Waals surface area contributed by atoms with Crippen molar-refractivity contribution in [3.8, 4) is 0 Å². The molecule has 1 rings (SSSR count).